The topological polar surface area (TPSA) is 57.0 Å². The molecule has 0 unspecified atom stereocenters. The van der Waals surface area contributed by atoms with Gasteiger partial charge in [-0.05, 0) is 18.6 Å². The van der Waals surface area contributed by atoms with Crippen molar-refractivity contribution in [2.75, 3.05) is 0 Å². The number of Topliss-reactive ketones (excluding diaryl/α,β-unsaturated/α-hetero) is 1. The van der Waals surface area contributed by atoms with Crippen molar-refractivity contribution in [2.45, 2.75) is 33.2 Å². The Morgan fingerprint density at radius 3 is 2.74 bits per heavy atom. The Kier molecular flexibility index (Phi) is 4.28. The van der Waals surface area contributed by atoms with Crippen molar-refractivity contribution in [3.05, 3.63) is 36.4 Å². The van der Waals surface area contributed by atoms with Crippen LogP contribution >= 0.6 is 0 Å². The first-order valence-electron chi connectivity index (χ1n) is 6.42. The van der Waals surface area contributed by atoms with Gasteiger partial charge in [0.2, 0.25) is 0 Å². The molecule has 2 aromatic heterocycles. The van der Waals surface area contributed by atoms with Gasteiger partial charge in [0.15, 0.2) is 11.5 Å². The van der Waals surface area contributed by atoms with Crippen LogP contribution in [0.3, 0.4) is 0 Å². The second kappa shape index (κ2) is 6.13. The third kappa shape index (κ3) is 3.40. The summed E-state index contributed by atoms with van der Waals surface area (Å²) in [6.07, 6.45) is 6.54. The quantitative estimate of drug-likeness (QED) is 0.748. The van der Waals surface area contributed by atoms with Crippen LogP contribution in [0, 0.1) is 0 Å². The van der Waals surface area contributed by atoms with Crippen molar-refractivity contribution in [3.63, 3.8) is 0 Å². The predicted octanol–water partition coefficient (Wildman–Crippen LogP) is 3.07. The first kappa shape index (κ1) is 13.3. The third-order valence-electron chi connectivity index (χ3n) is 2.64. The highest BCUT2D eigenvalue weighted by atomic mass is 16.5. The molecule has 0 bridgehead atoms. The number of hydrogen-bond acceptors (Lipinski definition) is 4. The Morgan fingerprint density at radius 2 is 2.11 bits per heavy atom. The summed E-state index contributed by atoms with van der Waals surface area (Å²) >= 11 is 0. The van der Waals surface area contributed by atoms with Crippen molar-refractivity contribution in [1.82, 2.24) is 14.8 Å². The van der Waals surface area contributed by atoms with E-state index in [4.69, 9.17) is 4.74 Å². The Hall–Kier alpha value is -2.17. The van der Waals surface area contributed by atoms with Crippen LogP contribution in [0.1, 0.15) is 37.2 Å². The molecule has 0 fully saturated rings. The van der Waals surface area contributed by atoms with Gasteiger partial charge in [0.05, 0.1) is 18.6 Å². The van der Waals surface area contributed by atoms with E-state index < -0.39 is 0 Å². The number of nitrogens with zero attached hydrogens (tertiary/aromatic N) is 3. The average molecular weight is 259 g/mol. The smallest absolute Gasteiger partial charge is 0.180 e. The maximum Gasteiger partial charge on any atom is 0.180 e. The van der Waals surface area contributed by atoms with E-state index in [1.807, 2.05) is 17.8 Å². The van der Waals surface area contributed by atoms with Gasteiger partial charge in [0.25, 0.3) is 0 Å². The second-order valence-electron chi connectivity index (χ2n) is 4.20. The SMILES string of the molecule is CCCn1cc(Oc2ccc(C(=O)CC)nc2)cn1. The summed E-state index contributed by atoms with van der Waals surface area (Å²) < 4.78 is 7.45. The van der Waals surface area contributed by atoms with Gasteiger partial charge < -0.3 is 4.74 Å². The van der Waals surface area contributed by atoms with Gasteiger partial charge in [0, 0.05) is 13.0 Å². The Balaban J connectivity index is 2.04. The highest BCUT2D eigenvalue weighted by Gasteiger charge is 2.06. The Labute approximate surface area is 112 Å². The minimum atomic E-state index is 0.0299. The lowest BCUT2D eigenvalue weighted by molar-refractivity contribution is 0.0983. The van der Waals surface area contributed by atoms with Crippen LogP contribution in [0.2, 0.25) is 0 Å². The molecule has 0 aliphatic carbocycles. The summed E-state index contributed by atoms with van der Waals surface area (Å²) in [7, 11) is 0. The lowest BCUT2D eigenvalue weighted by atomic mass is 10.2. The number of carbonyl (C=O) groups excluding carboxylic acids is 1. The monoisotopic (exact) mass is 259 g/mol. The lowest BCUT2D eigenvalue weighted by Gasteiger charge is -2.03. The maximum atomic E-state index is 11.4. The summed E-state index contributed by atoms with van der Waals surface area (Å²) in [5.41, 5.74) is 0.469. The van der Waals surface area contributed by atoms with E-state index in [0.717, 1.165) is 13.0 Å². The summed E-state index contributed by atoms with van der Waals surface area (Å²) in [6.45, 7) is 4.78. The number of carbonyl (C=O) groups is 1. The minimum absolute atomic E-state index is 0.0299. The lowest BCUT2D eigenvalue weighted by Crippen LogP contribution is -1.99. The molecule has 2 rings (SSSR count). The van der Waals surface area contributed by atoms with Crippen molar-refractivity contribution >= 4 is 5.78 Å². The van der Waals surface area contributed by atoms with Gasteiger partial charge in [-0.2, -0.15) is 5.10 Å². The Morgan fingerprint density at radius 1 is 1.26 bits per heavy atom. The van der Waals surface area contributed by atoms with Gasteiger partial charge >= 0.3 is 0 Å². The average Bonchev–Trinajstić information content (AvgIpc) is 2.86. The molecule has 0 saturated carbocycles. The van der Waals surface area contributed by atoms with Crippen LogP contribution in [-0.2, 0) is 6.54 Å². The van der Waals surface area contributed by atoms with Gasteiger partial charge in [-0.25, -0.2) is 4.98 Å². The molecule has 0 aliphatic rings. The molecule has 2 aromatic rings. The number of ether oxygens (including phenoxy) is 1. The predicted molar refractivity (Wildman–Crippen MR) is 71.5 cm³/mol. The van der Waals surface area contributed by atoms with E-state index in [1.165, 1.54) is 0 Å². The zero-order chi connectivity index (χ0) is 13.7. The van der Waals surface area contributed by atoms with Gasteiger partial charge in [-0.3, -0.25) is 9.48 Å². The zero-order valence-electron chi connectivity index (χ0n) is 11.2. The third-order valence-corrected chi connectivity index (χ3v) is 2.64. The van der Waals surface area contributed by atoms with Crippen LogP contribution < -0.4 is 4.74 Å². The highest BCUT2D eigenvalue weighted by molar-refractivity contribution is 5.93. The largest absolute Gasteiger partial charge is 0.452 e. The number of hydrogen-bond donors (Lipinski definition) is 0. The molecule has 0 aliphatic heterocycles. The van der Waals surface area contributed by atoms with Gasteiger partial charge in [-0.1, -0.05) is 13.8 Å². The number of aromatic nitrogens is 3. The molecule has 0 spiro atoms. The molecular formula is C14H17N3O2. The van der Waals surface area contributed by atoms with Crippen LogP contribution in [0.4, 0.5) is 0 Å². The van der Waals surface area contributed by atoms with Crippen LogP contribution in [0.15, 0.2) is 30.7 Å². The number of aryl methyl sites for hydroxylation is 1. The molecule has 0 N–H and O–H groups in total. The molecular weight excluding hydrogens is 242 g/mol. The minimum Gasteiger partial charge on any atom is -0.452 e. The standard InChI is InChI=1S/C14H17N3O2/c1-3-7-17-10-12(9-16-17)19-11-5-6-13(15-8-11)14(18)4-2/h5-6,8-10H,3-4,7H2,1-2H3. The van der Waals surface area contributed by atoms with Crippen LogP contribution in [0.5, 0.6) is 11.5 Å². The molecule has 0 aromatic carbocycles. The van der Waals surface area contributed by atoms with Crippen molar-refractivity contribution in [2.24, 2.45) is 0 Å². The normalized spacial score (nSPS) is 10.4. The fourth-order valence-electron chi connectivity index (χ4n) is 1.67. The molecule has 100 valence electrons. The fourth-order valence-corrected chi connectivity index (χ4v) is 1.67. The number of rotatable bonds is 6. The molecule has 0 saturated heterocycles. The van der Waals surface area contributed by atoms with E-state index in [0.29, 0.717) is 23.6 Å². The zero-order valence-corrected chi connectivity index (χ0v) is 11.2. The molecule has 5 heteroatoms. The number of pyridine rings is 1. The summed E-state index contributed by atoms with van der Waals surface area (Å²) in [4.78, 5) is 15.5. The number of ketones is 1. The molecule has 0 atom stereocenters. The first-order valence-corrected chi connectivity index (χ1v) is 6.42. The van der Waals surface area contributed by atoms with E-state index in [1.54, 1.807) is 24.5 Å². The highest BCUT2D eigenvalue weighted by Crippen LogP contribution is 2.20. The molecule has 0 radical (unpaired) electrons. The van der Waals surface area contributed by atoms with E-state index in [-0.39, 0.29) is 5.78 Å². The molecule has 2 heterocycles. The molecule has 19 heavy (non-hydrogen) atoms. The first-order chi connectivity index (χ1) is 9.22. The van der Waals surface area contributed by atoms with Crippen molar-refractivity contribution < 1.29 is 9.53 Å². The summed E-state index contributed by atoms with van der Waals surface area (Å²) in [5.74, 6) is 1.30. The fraction of sp³-hybridized carbons (Fsp3) is 0.357. The second-order valence-corrected chi connectivity index (χ2v) is 4.20. The van der Waals surface area contributed by atoms with Crippen molar-refractivity contribution in [1.29, 1.82) is 0 Å². The molecule has 0 amide bonds. The van der Waals surface area contributed by atoms with E-state index in [9.17, 15) is 4.79 Å². The Bertz CT molecular complexity index is 546. The van der Waals surface area contributed by atoms with Gasteiger partial charge in [-0.15, -0.1) is 0 Å². The van der Waals surface area contributed by atoms with Crippen molar-refractivity contribution in [3.8, 4) is 11.5 Å². The molecule has 5 nitrogen and oxygen atoms in total. The van der Waals surface area contributed by atoms with E-state index >= 15 is 0 Å². The van der Waals surface area contributed by atoms with E-state index in [2.05, 4.69) is 17.0 Å². The van der Waals surface area contributed by atoms with Gasteiger partial charge in [0.1, 0.15) is 11.4 Å². The van der Waals surface area contributed by atoms with Crippen LogP contribution in [0.25, 0.3) is 0 Å². The maximum absolute atomic E-state index is 11.4. The summed E-state index contributed by atoms with van der Waals surface area (Å²) in [6, 6.07) is 3.42. The summed E-state index contributed by atoms with van der Waals surface area (Å²) in [5, 5.41) is 4.18. The van der Waals surface area contributed by atoms with Crippen LogP contribution in [-0.4, -0.2) is 20.5 Å².